The van der Waals surface area contributed by atoms with Crippen LogP contribution in [0.1, 0.15) is 6.42 Å². The van der Waals surface area contributed by atoms with E-state index < -0.39 is 17.5 Å². The normalized spacial score (nSPS) is 10.0. The van der Waals surface area contributed by atoms with E-state index in [9.17, 15) is 19.7 Å². The molecule has 120 valence electrons. The Morgan fingerprint density at radius 2 is 2.00 bits per heavy atom. The Morgan fingerprint density at radius 1 is 1.27 bits per heavy atom. The van der Waals surface area contributed by atoms with E-state index in [-0.39, 0.29) is 37.7 Å². The maximum atomic E-state index is 11.5. The SMILES string of the molecule is O=C(O)COCCNC(=O)CCNc1ccccc1[N+](=O)[O-]. The lowest BCUT2D eigenvalue weighted by Crippen LogP contribution is -2.29. The van der Waals surface area contributed by atoms with Gasteiger partial charge in [0, 0.05) is 25.6 Å². The van der Waals surface area contributed by atoms with Crippen molar-refractivity contribution in [1.29, 1.82) is 0 Å². The monoisotopic (exact) mass is 311 g/mol. The molecule has 0 atom stereocenters. The number of anilines is 1. The second-order valence-electron chi connectivity index (χ2n) is 4.25. The van der Waals surface area contributed by atoms with Crippen LogP contribution in [0.3, 0.4) is 0 Å². The highest BCUT2D eigenvalue weighted by Gasteiger charge is 2.11. The zero-order valence-corrected chi connectivity index (χ0v) is 11.8. The number of carboxylic acid groups (broad SMARTS) is 1. The van der Waals surface area contributed by atoms with Gasteiger partial charge in [0.2, 0.25) is 5.91 Å². The van der Waals surface area contributed by atoms with E-state index in [1.165, 1.54) is 6.07 Å². The predicted molar refractivity (Wildman–Crippen MR) is 77.7 cm³/mol. The number of para-hydroxylation sites is 2. The number of carboxylic acids is 1. The van der Waals surface area contributed by atoms with E-state index in [1.54, 1.807) is 18.2 Å². The van der Waals surface area contributed by atoms with Gasteiger partial charge in [-0.25, -0.2) is 4.79 Å². The third kappa shape index (κ3) is 6.66. The summed E-state index contributed by atoms with van der Waals surface area (Å²) < 4.78 is 4.76. The zero-order valence-electron chi connectivity index (χ0n) is 11.8. The number of nitro groups is 1. The Kier molecular flexibility index (Phi) is 7.34. The van der Waals surface area contributed by atoms with Crippen LogP contribution in [0.25, 0.3) is 0 Å². The van der Waals surface area contributed by atoms with Gasteiger partial charge in [-0.3, -0.25) is 14.9 Å². The van der Waals surface area contributed by atoms with E-state index >= 15 is 0 Å². The molecule has 0 aliphatic rings. The molecule has 9 nitrogen and oxygen atoms in total. The Balaban J connectivity index is 2.23. The summed E-state index contributed by atoms with van der Waals surface area (Å²) in [5.74, 6) is -1.33. The molecule has 9 heteroatoms. The van der Waals surface area contributed by atoms with Gasteiger partial charge in [0.05, 0.1) is 11.5 Å². The van der Waals surface area contributed by atoms with Crippen molar-refractivity contribution in [1.82, 2.24) is 5.32 Å². The highest BCUT2D eigenvalue weighted by Crippen LogP contribution is 2.22. The lowest BCUT2D eigenvalue weighted by atomic mass is 10.2. The topological polar surface area (TPSA) is 131 Å². The molecule has 0 bridgehead atoms. The molecule has 0 aliphatic heterocycles. The first kappa shape index (κ1) is 17.4. The first-order chi connectivity index (χ1) is 10.5. The standard InChI is InChI=1S/C13H17N3O6/c17-12(15-7-8-22-9-13(18)19)5-6-14-10-3-1-2-4-11(10)16(20)21/h1-4,14H,5-9H2,(H,15,17)(H,18,19). The third-order valence-corrected chi connectivity index (χ3v) is 2.56. The molecule has 0 saturated carbocycles. The number of carbonyl (C=O) groups is 2. The molecule has 0 saturated heterocycles. The number of rotatable bonds is 10. The fourth-order valence-electron chi connectivity index (χ4n) is 1.60. The summed E-state index contributed by atoms with van der Waals surface area (Å²) in [6, 6.07) is 6.17. The zero-order chi connectivity index (χ0) is 16.4. The average molecular weight is 311 g/mol. The van der Waals surface area contributed by atoms with Crippen LogP contribution < -0.4 is 10.6 Å². The Bertz CT molecular complexity index is 534. The smallest absolute Gasteiger partial charge is 0.329 e. The van der Waals surface area contributed by atoms with Gasteiger partial charge in [-0.15, -0.1) is 0 Å². The summed E-state index contributed by atoms with van der Waals surface area (Å²) in [5, 5.41) is 24.5. The van der Waals surface area contributed by atoms with Crippen LogP contribution in [-0.2, 0) is 14.3 Å². The largest absolute Gasteiger partial charge is 0.480 e. The molecule has 0 aliphatic carbocycles. The first-order valence-electron chi connectivity index (χ1n) is 6.54. The van der Waals surface area contributed by atoms with E-state index in [2.05, 4.69) is 10.6 Å². The van der Waals surface area contributed by atoms with E-state index in [4.69, 9.17) is 9.84 Å². The minimum Gasteiger partial charge on any atom is -0.480 e. The molecular weight excluding hydrogens is 294 g/mol. The summed E-state index contributed by atoms with van der Waals surface area (Å²) in [5.41, 5.74) is 0.301. The number of nitrogens with zero attached hydrogens (tertiary/aromatic N) is 1. The maximum Gasteiger partial charge on any atom is 0.329 e. The number of nitro benzene ring substituents is 1. The first-order valence-corrected chi connectivity index (χ1v) is 6.54. The van der Waals surface area contributed by atoms with Crippen molar-refractivity contribution in [3.05, 3.63) is 34.4 Å². The summed E-state index contributed by atoms with van der Waals surface area (Å²) in [4.78, 5) is 32.0. The van der Waals surface area contributed by atoms with Crippen molar-refractivity contribution in [2.24, 2.45) is 0 Å². The fraction of sp³-hybridized carbons (Fsp3) is 0.385. The van der Waals surface area contributed by atoms with Crippen LogP contribution in [0.4, 0.5) is 11.4 Å². The molecule has 0 spiro atoms. The summed E-state index contributed by atoms with van der Waals surface area (Å²) >= 11 is 0. The fourth-order valence-corrected chi connectivity index (χ4v) is 1.60. The highest BCUT2D eigenvalue weighted by atomic mass is 16.6. The summed E-state index contributed by atoms with van der Waals surface area (Å²) in [6.07, 6.45) is 0.130. The quantitative estimate of drug-likeness (QED) is 0.328. The van der Waals surface area contributed by atoms with Crippen LogP contribution in [-0.4, -0.2) is 48.2 Å². The lowest BCUT2D eigenvalue weighted by molar-refractivity contribution is -0.384. The number of hydrogen-bond acceptors (Lipinski definition) is 6. The van der Waals surface area contributed by atoms with Gasteiger partial charge in [-0.05, 0) is 6.07 Å². The number of amides is 1. The van der Waals surface area contributed by atoms with Crippen LogP contribution >= 0.6 is 0 Å². The molecule has 1 aromatic rings. The van der Waals surface area contributed by atoms with Gasteiger partial charge >= 0.3 is 5.97 Å². The van der Waals surface area contributed by atoms with E-state index in [1.807, 2.05) is 0 Å². The van der Waals surface area contributed by atoms with Crippen LogP contribution in [0.15, 0.2) is 24.3 Å². The Hall–Kier alpha value is -2.68. The number of carbonyl (C=O) groups excluding carboxylic acids is 1. The molecular formula is C13H17N3O6. The highest BCUT2D eigenvalue weighted by molar-refractivity contribution is 5.76. The molecule has 1 aromatic carbocycles. The summed E-state index contributed by atoms with van der Waals surface area (Å²) in [7, 11) is 0. The maximum absolute atomic E-state index is 11.5. The number of nitrogens with one attached hydrogen (secondary N) is 2. The minimum atomic E-state index is -1.07. The molecule has 1 amide bonds. The van der Waals surface area contributed by atoms with Crippen LogP contribution in [0.2, 0.25) is 0 Å². The Morgan fingerprint density at radius 3 is 2.68 bits per heavy atom. The van der Waals surface area contributed by atoms with Gasteiger partial charge < -0.3 is 20.5 Å². The molecule has 3 N–H and O–H groups in total. The van der Waals surface area contributed by atoms with Gasteiger partial charge in [0.1, 0.15) is 12.3 Å². The van der Waals surface area contributed by atoms with E-state index in [0.717, 1.165) is 0 Å². The number of ether oxygens (including phenoxy) is 1. The van der Waals surface area contributed by atoms with Gasteiger partial charge in [-0.2, -0.15) is 0 Å². The van der Waals surface area contributed by atoms with Crippen molar-refractivity contribution in [3.8, 4) is 0 Å². The third-order valence-electron chi connectivity index (χ3n) is 2.56. The second kappa shape index (κ2) is 9.29. The lowest BCUT2D eigenvalue weighted by Gasteiger charge is -2.08. The van der Waals surface area contributed by atoms with Gasteiger partial charge in [0.25, 0.3) is 5.69 Å². The molecule has 0 heterocycles. The van der Waals surface area contributed by atoms with Crippen molar-refractivity contribution < 1.29 is 24.4 Å². The van der Waals surface area contributed by atoms with Crippen molar-refractivity contribution in [3.63, 3.8) is 0 Å². The molecule has 0 aromatic heterocycles. The average Bonchev–Trinajstić information content (AvgIpc) is 2.47. The predicted octanol–water partition coefficient (Wildman–Crippen LogP) is 0.614. The molecule has 1 rings (SSSR count). The van der Waals surface area contributed by atoms with Gasteiger partial charge in [0.15, 0.2) is 0 Å². The molecule has 0 unspecified atom stereocenters. The van der Waals surface area contributed by atoms with Crippen molar-refractivity contribution >= 4 is 23.3 Å². The van der Waals surface area contributed by atoms with Gasteiger partial charge in [-0.1, -0.05) is 12.1 Å². The summed E-state index contributed by atoms with van der Waals surface area (Å²) in [6.45, 7) is 0.148. The Labute approximate surface area is 126 Å². The molecule has 0 radical (unpaired) electrons. The van der Waals surface area contributed by atoms with E-state index in [0.29, 0.717) is 5.69 Å². The minimum absolute atomic E-state index is 0.0509. The number of benzene rings is 1. The number of aliphatic carboxylic acids is 1. The molecule has 0 fully saturated rings. The number of hydrogen-bond donors (Lipinski definition) is 3. The van der Waals surface area contributed by atoms with Crippen molar-refractivity contribution in [2.75, 3.05) is 31.6 Å². The van der Waals surface area contributed by atoms with Crippen molar-refractivity contribution in [2.45, 2.75) is 6.42 Å². The van der Waals surface area contributed by atoms with Crippen LogP contribution in [0, 0.1) is 10.1 Å². The molecule has 22 heavy (non-hydrogen) atoms. The van der Waals surface area contributed by atoms with Crippen LogP contribution in [0.5, 0.6) is 0 Å². The second-order valence-corrected chi connectivity index (χ2v) is 4.25.